The Bertz CT molecular complexity index is 315. The summed E-state index contributed by atoms with van der Waals surface area (Å²) in [5, 5.41) is 3.36. The summed E-state index contributed by atoms with van der Waals surface area (Å²) in [7, 11) is 0. The van der Waals surface area contributed by atoms with Gasteiger partial charge in [-0.3, -0.25) is 9.69 Å². The predicted molar refractivity (Wildman–Crippen MR) is 84.4 cm³/mol. The summed E-state index contributed by atoms with van der Waals surface area (Å²) in [5.74, 6) is -0.146. The molecule has 1 heterocycles. The number of nitrogens with zero attached hydrogens (tertiary/aromatic N) is 1. The Kier molecular flexibility index (Phi) is 7.63. The van der Waals surface area contributed by atoms with E-state index in [-0.39, 0.29) is 18.2 Å². The molecule has 0 spiro atoms. The molecule has 3 atom stereocenters. The van der Waals surface area contributed by atoms with Crippen LogP contribution in [0.15, 0.2) is 0 Å². The normalized spacial score (nSPS) is 26.3. The van der Waals surface area contributed by atoms with Gasteiger partial charge in [-0.2, -0.15) is 0 Å². The summed E-state index contributed by atoms with van der Waals surface area (Å²) in [4.78, 5) is 14.6. The van der Waals surface area contributed by atoms with Crippen LogP contribution in [0, 0.1) is 0 Å². The van der Waals surface area contributed by atoms with Crippen LogP contribution in [0.25, 0.3) is 0 Å². The van der Waals surface area contributed by atoms with Crippen molar-refractivity contribution in [2.45, 2.75) is 65.2 Å². The molecular weight excluding hydrogens is 268 g/mol. The molecule has 1 aliphatic heterocycles. The molecule has 0 aromatic carbocycles. The zero-order valence-electron chi connectivity index (χ0n) is 14.3. The zero-order chi connectivity index (χ0) is 15.9. The molecule has 0 saturated carbocycles. The topological polar surface area (TPSA) is 50.8 Å². The maximum Gasteiger partial charge on any atom is 0.326 e. The Morgan fingerprint density at radius 2 is 1.95 bits per heavy atom. The van der Waals surface area contributed by atoms with Gasteiger partial charge >= 0.3 is 5.97 Å². The van der Waals surface area contributed by atoms with Crippen molar-refractivity contribution in [3.63, 3.8) is 0 Å². The highest BCUT2D eigenvalue weighted by Crippen LogP contribution is 2.17. The number of morpholine rings is 1. The van der Waals surface area contributed by atoms with Crippen LogP contribution >= 0.6 is 0 Å². The van der Waals surface area contributed by atoms with Gasteiger partial charge in [0.2, 0.25) is 0 Å². The van der Waals surface area contributed by atoms with Gasteiger partial charge in [0.25, 0.3) is 0 Å². The number of rotatable bonds is 8. The van der Waals surface area contributed by atoms with Crippen molar-refractivity contribution in [1.29, 1.82) is 0 Å². The van der Waals surface area contributed by atoms with Crippen molar-refractivity contribution < 1.29 is 14.3 Å². The number of hydrogen-bond acceptors (Lipinski definition) is 5. The van der Waals surface area contributed by atoms with E-state index in [4.69, 9.17) is 9.47 Å². The predicted octanol–water partition coefficient (Wildman–Crippen LogP) is 1.81. The number of nitrogens with one attached hydrogen (secondary N) is 1. The van der Waals surface area contributed by atoms with Crippen LogP contribution in [0.5, 0.6) is 0 Å². The summed E-state index contributed by atoms with van der Waals surface area (Å²) in [6, 6.07) is 0. The van der Waals surface area contributed by atoms with Crippen molar-refractivity contribution in [3.05, 3.63) is 0 Å². The van der Waals surface area contributed by atoms with Gasteiger partial charge in [0.05, 0.1) is 18.8 Å². The van der Waals surface area contributed by atoms with E-state index in [2.05, 4.69) is 31.0 Å². The van der Waals surface area contributed by atoms with E-state index in [0.29, 0.717) is 6.61 Å². The minimum atomic E-state index is -0.600. The molecule has 5 nitrogen and oxygen atoms in total. The summed E-state index contributed by atoms with van der Waals surface area (Å²) in [6.07, 6.45) is 2.27. The van der Waals surface area contributed by atoms with Crippen molar-refractivity contribution in [2.75, 3.05) is 32.8 Å². The van der Waals surface area contributed by atoms with E-state index < -0.39 is 5.54 Å². The molecule has 21 heavy (non-hydrogen) atoms. The third-order valence-corrected chi connectivity index (χ3v) is 3.91. The first kappa shape index (κ1) is 18.4. The highest BCUT2D eigenvalue weighted by molar-refractivity contribution is 5.80. The largest absolute Gasteiger partial charge is 0.465 e. The molecule has 0 radical (unpaired) electrons. The zero-order valence-corrected chi connectivity index (χ0v) is 14.3. The van der Waals surface area contributed by atoms with Crippen LogP contribution in [0.3, 0.4) is 0 Å². The van der Waals surface area contributed by atoms with Crippen LogP contribution in [-0.4, -0.2) is 61.4 Å². The van der Waals surface area contributed by atoms with Crippen molar-refractivity contribution >= 4 is 5.97 Å². The first-order valence-corrected chi connectivity index (χ1v) is 8.21. The Morgan fingerprint density at radius 1 is 1.33 bits per heavy atom. The number of carbonyl (C=O) groups excluding carboxylic acids is 1. The standard InChI is InChI=1S/C16H32N2O3/c1-6-9-17-16(5,15(19)20-7-2)8-10-18-11-13(3)21-14(4)12-18/h13-14,17H,6-12H2,1-5H3. The van der Waals surface area contributed by atoms with Gasteiger partial charge < -0.3 is 14.8 Å². The molecule has 1 saturated heterocycles. The second-order valence-electron chi connectivity index (χ2n) is 6.25. The molecule has 0 aromatic heterocycles. The first-order valence-electron chi connectivity index (χ1n) is 8.21. The number of hydrogen-bond donors (Lipinski definition) is 1. The van der Waals surface area contributed by atoms with E-state index in [1.54, 1.807) is 0 Å². The third kappa shape index (κ3) is 5.93. The Hall–Kier alpha value is -0.650. The molecule has 0 bridgehead atoms. The van der Waals surface area contributed by atoms with Crippen molar-refractivity contribution in [3.8, 4) is 0 Å². The van der Waals surface area contributed by atoms with Crippen molar-refractivity contribution in [1.82, 2.24) is 10.2 Å². The molecule has 0 amide bonds. The molecule has 1 N–H and O–H groups in total. The Morgan fingerprint density at radius 3 is 2.48 bits per heavy atom. The van der Waals surface area contributed by atoms with E-state index in [0.717, 1.165) is 39.0 Å². The van der Waals surface area contributed by atoms with Crippen molar-refractivity contribution in [2.24, 2.45) is 0 Å². The Labute approximate surface area is 129 Å². The smallest absolute Gasteiger partial charge is 0.326 e. The first-order chi connectivity index (χ1) is 9.91. The summed E-state index contributed by atoms with van der Waals surface area (Å²) < 4.78 is 11.0. The lowest BCUT2D eigenvalue weighted by molar-refractivity contribution is -0.151. The fraction of sp³-hybridized carbons (Fsp3) is 0.938. The second-order valence-corrected chi connectivity index (χ2v) is 6.25. The average Bonchev–Trinajstić information content (AvgIpc) is 2.42. The van der Waals surface area contributed by atoms with E-state index in [1.807, 2.05) is 13.8 Å². The highest BCUT2D eigenvalue weighted by atomic mass is 16.5. The lowest BCUT2D eigenvalue weighted by Crippen LogP contribution is -2.54. The molecule has 5 heteroatoms. The van der Waals surface area contributed by atoms with E-state index in [9.17, 15) is 4.79 Å². The molecule has 0 aromatic rings. The quantitative estimate of drug-likeness (QED) is 0.693. The van der Waals surface area contributed by atoms with Gasteiger partial charge in [-0.25, -0.2) is 0 Å². The fourth-order valence-electron chi connectivity index (χ4n) is 2.80. The molecule has 1 aliphatic rings. The SMILES string of the molecule is CCCNC(C)(CCN1CC(C)OC(C)C1)C(=O)OCC. The summed E-state index contributed by atoms with van der Waals surface area (Å²) in [5.41, 5.74) is -0.600. The fourth-order valence-corrected chi connectivity index (χ4v) is 2.80. The van der Waals surface area contributed by atoms with Gasteiger partial charge in [0, 0.05) is 19.6 Å². The maximum atomic E-state index is 12.2. The monoisotopic (exact) mass is 300 g/mol. The highest BCUT2D eigenvalue weighted by Gasteiger charge is 2.35. The Balaban J connectivity index is 2.57. The number of carbonyl (C=O) groups is 1. The third-order valence-electron chi connectivity index (χ3n) is 3.91. The van der Waals surface area contributed by atoms with Gasteiger partial charge in [0.1, 0.15) is 5.54 Å². The molecule has 3 unspecified atom stereocenters. The van der Waals surface area contributed by atoms with Gasteiger partial charge in [0.15, 0.2) is 0 Å². The number of esters is 1. The lowest BCUT2D eigenvalue weighted by atomic mass is 9.96. The molecule has 0 aliphatic carbocycles. The minimum absolute atomic E-state index is 0.146. The number of ether oxygens (including phenoxy) is 2. The molecule has 1 rings (SSSR count). The minimum Gasteiger partial charge on any atom is -0.465 e. The molecule has 124 valence electrons. The van der Waals surface area contributed by atoms with E-state index >= 15 is 0 Å². The maximum absolute atomic E-state index is 12.2. The van der Waals surface area contributed by atoms with Crippen LogP contribution in [0.1, 0.15) is 47.5 Å². The lowest BCUT2D eigenvalue weighted by Gasteiger charge is -2.37. The van der Waals surface area contributed by atoms with Crippen LogP contribution in [-0.2, 0) is 14.3 Å². The van der Waals surface area contributed by atoms with Crippen LogP contribution in [0.2, 0.25) is 0 Å². The van der Waals surface area contributed by atoms with Gasteiger partial charge in [-0.05, 0) is 47.1 Å². The molecule has 1 fully saturated rings. The summed E-state index contributed by atoms with van der Waals surface area (Å²) in [6.45, 7) is 14.1. The van der Waals surface area contributed by atoms with Crippen LogP contribution < -0.4 is 5.32 Å². The second kappa shape index (κ2) is 8.71. The van der Waals surface area contributed by atoms with Crippen LogP contribution in [0.4, 0.5) is 0 Å². The molecular formula is C16H32N2O3. The van der Waals surface area contributed by atoms with Gasteiger partial charge in [-0.15, -0.1) is 0 Å². The summed E-state index contributed by atoms with van der Waals surface area (Å²) >= 11 is 0. The van der Waals surface area contributed by atoms with Gasteiger partial charge in [-0.1, -0.05) is 6.92 Å². The van der Waals surface area contributed by atoms with E-state index in [1.165, 1.54) is 0 Å². The average molecular weight is 300 g/mol.